The van der Waals surface area contributed by atoms with Crippen LogP contribution in [0.1, 0.15) is 58.3 Å². The molecule has 8 nitrogen and oxygen atoms in total. The Morgan fingerprint density at radius 2 is 1.83 bits per heavy atom. The number of likely N-dealkylation sites (tertiary alicyclic amines) is 1. The first-order chi connectivity index (χ1) is 13.5. The third-order valence-electron chi connectivity index (χ3n) is 6.30. The molecule has 2 unspecified atom stereocenters. The van der Waals surface area contributed by atoms with Gasteiger partial charge in [-0.25, -0.2) is 4.79 Å². The Balaban J connectivity index is 0.00000300. The second kappa shape index (κ2) is 11.0. The largest absolute Gasteiger partial charge is 0.354 e. The normalized spacial score (nSPS) is 25.8. The number of nitrogens with zero attached hydrogens (tertiary/aromatic N) is 1. The number of hydrogen-bond donors (Lipinski definition) is 4. The first kappa shape index (κ1) is 23.7. The minimum Gasteiger partial charge on any atom is -0.354 e. The monoisotopic (exact) mass is 429 g/mol. The van der Waals surface area contributed by atoms with Gasteiger partial charge in [0.1, 0.15) is 5.54 Å². The topological polar surface area (TPSA) is 103 Å². The van der Waals surface area contributed by atoms with Crippen molar-refractivity contribution in [3.63, 3.8) is 0 Å². The molecule has 4 N–H and O–H groups in total. The molecule has 166 valence electrons. The van der Waals surface area contributed by atoms with Gasteiger partial charge in [0, 0.05) is 26.2 Å². The lowest BCUT2D eigenvalue weighted by Crippen LogP contribution is -2.61. The third kappa shape index (κ3) is 5.98. The van der Waals surface area contributed by atoms with Crippen molar-refractivity contribution in [2.45, 2.75) is 69.9 Å². The van der Waals surface area contributed by atoms with Gasteiger partial charge < -0.3 is 26.2 Å². The molecule has 0 aromatic heterocycles. The molecular weight excluding hydrogens is 394 g/mol. The molecule has 4 amide bonds. The molecule has 3 aliphatic rings. The van der Waals surface area contributed by atoms with Crippen molar-refractivity contribution in [1.29, 1.82) is 0 Å². The van der Waals surface area contributed by atoms with Gasteiger partial charge in [-0.1, -0.05) is 12.8 Å². The van der Waals surface area contributed by atoms with Crippen molar-refractivity contribution in [3.8, 4) is 0 Å². The predicted octanol–water partition coefficient (Wildman–Crippen LogP) is 1.15. The zero-order valence-electron chi connectivity index (χ0n) is 17.4. The molecule has 2 aliphatic heterocycles. The zero-order valence-corrected chi connectivity index (χ0v) is 18.2. The number of urea groups is 1. The highest BCUT2D eigenvalue weighted by Gasteiger charge is 2.45. The standard InChI is InChI=1S/C20H35N5O3.ClH/c1-2-21-19(28)24-20(9-3-4-10-20)18(27)25-12-6-7-15(14-25)13-23-17(26)16-8-5-11-22-16;/h15-16,22H,2-14H2,1H3,(H,23,26)(H2,21,24,28);1H. The van der Waals surface area contributed by atoms with Crippen LogP contribution in [0, 0.1) is 5.92 Å². The highest BCUT2D eigenvalue weighted by atomic mass is 35.5. The van der Waals surface area contributed by atoms with Crippen LogP contribution >= 0.6 is 12.4 Å². The predicted molar refractivity (Wildman–Crippen MR) is 114 cm³/mol. The summed E-state index contributed by atoms with van der Waals surface area (Å²) in [5.74, 6) is 0.391. The van der Waals surface area contributed by atoms with E-state index < -0.39 is 5.54 Å². The fourth-order valence-corrected chi connectivity index (χ4v) is 4.79. The minimum atomic E-state index is -0.766. The van der Waals surface area contributed by atoms with E-state index in [4.69, 9.17) is 0 Å². The lowest BCUT2D eigenvalue weighted by molar-refractivity contribution is -0.139. The van der Waals surface area contributed by atoms with Gasteiger partial charge in [0.25, 0.3) is 0 Å². The molecule has 3 rings (SSSR count). The number of amides is 4. The van der Waals surface area contributed by atoms with Gasteiger partial charge in [0.15, 0.2) is 0 Å². The van der Waals surface area contributed by atoms with Crippen molar-refractivity contribution < 1.29 is 14.4 Å². The summed E-state index contributed by atoms with van der Waals surface area (Å²) in [6.07, 6.45) is 7.21. The maximum Gasteiger partial charge on any atom is 0.315 e. The van der Waals surface area contributed by atoms with Crippen molar-refractivity contribution in [1.82, 2.24) is 26.2 Å². The van der Waals surface area contributed by atoms with Crippen LogP contribution in [-0.2, 0) is 9.59 Å². The average Bonchev–Trinajstić information content (AvgIpc) is 3.39. The first-order valence-electron chi connectivity index (χ1n) is 10.9. The maximum atomic E-state index is 13.3. The van der Waals surface area contributed by atoms with Crippen molar-refractivity contribution in [2.24, 2.45) is 5.92 Å². The lowest BCUT2D eigenvalue weighted by atomic mass is 9.91. The number of piperidine rings is 1. The third-order valence-corrected chi connectivity index (χ3v) is 6.30. The summed E-state index contributed by atoms with van der Waals surface area (Å²) in [7, 11) is 0. The van der Waals surface area contributed by atoms with E-state index in [1.54, 1.807) is 0 Å². The van der Waals surface area contributed by atoms with Crippen molar-refractivity contribution >= 4 is 30.3 Å². The second-order valence-corrected chi connectivity index (χ2v) is 8.43. The van der Waals surface area contributed by atoms with E-state index in [1.165, 1.54) is 0 Å². The average molecular weight is 430 g/mol. The summed E-state index contributed by atoms with van der Waals surface area (Å²) in [6, 6.07) is -0.327. The van der Waals surface area contributed by atoms with Crippen LogP contribution in [0.4, 0.5) is 4.79 Å². The fourth-order valence-electron chi connectivity index (χ4n) is 4.79. The Hall–Kier alpha value is -1.54. The van der Waals surface area contributed by atoms with Gasteiger partial charge >= 0.3 is 6.03 Å². The molecule has 2 atom stereocenters. The summed E-state index contributed by atoms with van der Waals surface area (Å²) in [5.41, 5.74) is -0.766. The number of nitrogens with one attached hydrogen (secondary N) is 4. The number of rotatable bonds is 6. The van der Waals surface area contributed by atoms with Crippen LogP contribution in [0.15, 0.2) is 0 Å². The number of carbonyl (C=O) groups excluding carboxylic acids is 3. The van der Waals surface area contributed by atoms with Gasteiger partial charge in [0.05, 0.1) is 6.04 Å². The van der Waals surface area contributed by atoms with E-state index in [-0.39, 0.29) is 42.2 Å². The SMILES string of the molecule is CCNC(=O)NC1(C(=O)N2CCCC(CNC(=O)C3CCCN3)C2)CCCC1.Cl. The minimum absolute atomic E-state index is 0. The van der Waals surface area contributed by atoms with Crippen LogP contribution in [0.2, 0.25) is 0 Å². The smallest absolute Gasteiger partial charge is 0.315 e. The molecule has 29 heavy (non-hydrogen) atoms. The summed E-state index contributed by atoms with van der Waals surface area (Å²) in [5, 5.41) is 12.0. The van der Waals surface area contributed by atoms with E-state index >= 15 is 0 Å². The second-order valence-electron chi connectivity index (χ2n) is 8.43. The molecule has 1 saturated carbocycles. The quantitative estimate of drug-likeness (QED) is 0.508. The van der Waals surface area contributed by atoms with E-state index in [1.807, 2.05) is 11.8 Å². The zero-order chi connectivity index (χ0) is 20.0. The van der Waals surface area contributed by atoms with Crippen LogP contribution in [-0.4, -0.2) is 67.0 Å². The molecule has 0 spiro atoms. The Morgan fingerprint density at radius 3 is 2.48 bits per heavy atom. The van der Waals surface area contributed by atoms with Gasteiger partial charge in [-0.3, -0.25) is 9.59 Å². The van der Waals surface area contributed by atoms with Crippen molar-refractivity contribution in [2.75, 3.05) is 32.7 Å². The van der Waals surface area contributed by atoms with Gasteiger partial charge in [0.2, 0.25) is 11.8 Å². The molecule has 3 fully saturated rings. The molecule has 0 radical (unpaired) electrons. The van der Waals surface area contributed by atoms with Crippen LogP contribution in [0.5, 0.6) is 0 Å². The molecule has 9 heteroatoms. The van der Waals surface area contributed by atoms with E-state index in [2.05, 4.69) is 21.3 Å². The summed E-state index contributed by atoms with van der Waals surface area (Å²) in [4.78, 5) is 39.6. The molecule has 2 saturated heterocycles. The van der Waals surface area contributed by atoms with E-state index in [9.17, 15) is 14.4 Å². The summed E-state index contributed by atoms with van der Waals surface area (Å²) in [6.45, 7) is 5.30. The lowest BCUT2D eigenvalue weighted by Gasteiger charge is -2.39. The van der Waals surface area contributed by atoms with Gasteiger partial charge in [-0.2, -0.15) is 0 Å². The Kier molecular flexibility index (Phi) is 9.02. The van der Waals surface area contributed by atoms with E-state index in [0.717, 1.165) is 51.6 Å². The molecule has 2 heterocycles. The van der Waals surface area contributed by atoms with Crippen LogP contribution in [0.25, 0.3) is 0 Å². The van der Waals surface area contributed by atoms with E-state index in [0.29, 0.717) is 32.5 Å². The fraction of sp³-hybridized carbons (Fsp3) is 0.850. The first-order valence-corrected chi connectivity index (χ1v) is 10.9. The Labute approximate surface area is 179 Å². The van der Waals surface area contributed by atoms with Crippen molar-refractivity contribution in [3.05, 3.63) is 0 Å². The molecular formula is C20H36ClN5O3. The number of carbonyl (C=O) groups is 3. The Bertz CT molecular complexity index is 576. The molecule has 1 aliphatic carbocycles. The molecule has 0 aromatic carbocycles. The van der Waals surface area contributed by atoms with Gasteiger partial charge in [-0.15, -0.1) is 12.4 Å². The summed E-state index contributed by atoms with van der Waals surface area (Å²) < 4.78 is 0. The van der Waals surface area contributed by atoms with Gasteiger partial charge in [-0.05, 0) is 57.9 Å². The highest BCUT2D eigenvalue weighted by Crippen LogP contribution is 2.33. The molecule has 0 aromatic rings. The highest BCUT2D eigenvalue weighted by molar-refractivity contribution is 5.91. The number of halogens is 1. The molecule has 0 bridgehead atoms. The number of hydrogen-bond acceptors (Lipinski definition) is 4. The Morgan fingerprint density at radius 1 is 1.07 bits per heavy atom. The summed E-state index contributed by atoms with van der Waals surface area (Å²) >= 11 is 0. The van der Waals surface area contributed by atoms with Crippen LogP contribution < -0.4 is 21.3 Å². The van der Waals surface area contributed by atoms with Crippen LogP contribution in [0.3, 0.4) is 0 Å². The maximum absolute atomic E-state index is 13.3.